The monoisotopic (exact) mass is 502 g/mol. The molecule has 10 nitrogen and oxygen atoms in total. The Morgan fingerprint density at radius 1 is 0.944 bits per heavy atom. The van der Waals surface area contributed by atoms with Crippen molar-refractivity contribution in [3.8, 4) is 11.5 Å². The first-order valence-electron chi connectivity index (χ1n) is 11.3. The normalized spacial score (nSPS) is 16.8. The van der Waals surface area contributed by atoms with Crippen molar-refractivity contribution in [3.63, 3.8) is 0 Å². The number of nitrogen functional groups attached to an aromatic ring is 2. The maximum Gasteiger partial charge on any atom is 0.150 e. The van der Waals surface area contributed by atoms with Crippen LogP contribution >= 0.6 is 0 Å². The predicted octanol–water partition coefficient (Wildman–Crippen LogP) is 3.04. The van der Waals surface area contributed by atoms with Crippen molar-refractivity contribution < 1.29 is 28.9 Å². The second-order valence-corrected chi connectivity index (χ2v) is 7.98. The molecular formula is C26H38N4O6. The van der Waals surface area contributed by atoms with Crippen molar-refractivity contribution in [2.45, 2.75) is 31.8 Å². The summed E-state index contributed by atoms with van der Waals surface area (Å²) in [6, 6.07) is 7.61. The number of hydrogen-bond donors (Lipinski definition) is 5. The summed E-state index contributed by atoms with van der Waals surface area (Å²) >= 11 is 0. The molecule has 2 aromatic carbocycles. The molecule has 2 atom stereocenters. The fourth-order valence-electron chi connectivity index (χ4n) is 3.69. The summed E-state index contributed by atoms with van der Waals surface area (Å²) in [5, 5.41) is 13.9. The smallest absolute Gasteiger partial charge is 0.150 e. The molecular weight excluding hydrogens is 464 g/mol. The summed E-state index contributed by atoms with van der Waals surface area (Å²) in [6.07, 6.45) is 6.69. The minimum absolute atomic E-state index is 0.123. The van der Waals surface area contributed by atoms with E-state index in [0.29, 0.717) is 35.9 Å². The van der Waals surface area contributed by atoms with E-state index >= 15 is 0 Å². The summed E-state index contributed by atoms with van der Waals surface area (Å²) in [5.41, 5.74) is 16.6. The van der Waals surface area contributed by atoms with Crippen LogP contribution in [0.5, 0.6) is 11.5 Å². The highest BCUT2D eigenvalue weighted by Gasteiger charge is 2.22. The van der Waals surface area contributed by atoms with Crippen molar-refractivity contribution >= 4 is 35.8 Å². The van der Waals surface area contributed by atoms with Crippen LogP contribution in [0.3, 0.4) is 0 Å². The molecule has 0 saturated carbocycles. The van der Waals surface area contributed by atoms with E-state index in [-0.39, 0.29) is 12.1 Å². The van der Waals surface area contributed by atoms with Crippen molar-refractivity contribution in [1.29, 1.82) is 0 Å². The van der Waals surface area contributed by atoms with Gasteiger partial charge in [-0.1, -0.05) is 12.2 Å². The Bertz CT molecular complexity index is 999. The number of carbonyl (C=O) groups is 2. The Morgan fingerprint density at radius 2 is 1.39 bits per heavy atom. The van der Waals surface area contributed by atoms with Crippen LogP contribution in [0.1, 0.15) is 28.8 Å². The molecule has 36 heavy (non-hydrogen) atoms. The molecule has 2 aliphatic rings. The van der Waals surface area contributed by atoms with Crippen LogP contribution in [0, 0.1) is 6.92 Å². The number of hydrogen-bond acceptors (Lipinski definition) is 10. The summed E-state index contributed by atoms with van der Waals surface area (Å²) in [5.74, 6) is 1.45. The molecule has 0 amide bonds. The molecule has 0 fully saturated rings. The quantitative estimate of drug-likeness (QED) is 0.234. The molecule has 0 aromatic heterocycles. The molecule has 198 valence electrons. The second kappa shape index (κ2) is 16.0. The van der Waals surface area contributed by atoms with Crippen LogP contribution in [-0.4, -0.2) is 64.8 Å². The Hall–Kier alpha value is -3.76. The Kier molecular flexibility index (Phi) is 13.5. The molecule has 0 spiro atoms. The van der Waals surface area contributed by atoms with Gasteiger partial charge in [0.15, 0.2) is 0 Å². The van der Waals surface area contributed by atoms with E-state index in [0.717, 1.165) is 48.9 Å². The van der Waals surface area contributed by atoms with E-state index in [4.69, 9.17) is 30.8 Å². The lowest BCUT2D eigenvalue weighted by atomic mass is 10.1. The molecule has 0 aliphatic carbocycles. The molecule has 4 rings (SSSR count). The number of methoxy groups -OCH3 is 1. The molecule has 2 heterocycles. The van der Waals surface area contributed by atoms with Gasteiger partial charge in [-0.05, 0) is 49.6 Å². The molecule has 7 N–H and O–H groups in total. The van der Waals surface area contributed by atoms with Gasteiger partial charge in [0.25, 0.3) is 0 Å². The van der Waals surface area contributed by atoms with Crippen LogP contribution in [0.2, 0.25) is 0 Å². The van der Waals surface area contributed by atoms with Gasteiger partial charge in [-0.25, -0.2) is 0 Å². The van der Waals surface area contributed by atoms with E-state index in [9.17, 15) is 4.79 Å². The largest absolute Gasteiger partial charge is 0.489 e. The van der Waals surface area contributed by atoms with Gasteiger partial charge in [0.2, 0.25) is 0 Å². The summed E-state index contributed by atoms with van der Waals surface area (Å²) < 4.78 is 15.9. The van der Waals surface area contributed by atoms with E-state index < -0.39 is 0 Å². The van der Waals surface area contributed by atoms with Gasteiger partial charge in [-0.3, -0.25) is 4.79 Å². The minimum atomic E-state index is 0.123. The Morgan fingerprint density at radius 3 is 1.86 bits per heavy atom. The van der Waals surface area contributed by atoms with Crippen LogP contribution < -0.4 is 31.6 Å². The topological polar surface area (TPSA) is 158 Å². The van der Waals surface area contributed by atoms with Crippen LogP contribution in [0.25, 0.3) is 0 Å². The number of ether oxygens (including phenoxy) is 3. The van der Waals surface area contributed by atoms with Crippen molar-refractivity contribution in [2.75, 3.05) is 56.6 Å². The molecule has 2 unspecified atom stereocenters. The number of nitrogens with one attached hydrogen (secondary N) is 2. The second-order valence-electron chi connectivity index (χ2n) is 7.98. The number of nitrogens with two attached hydrogens (primary N) is 2. The standard InChI is InChI=1S/C22H26N4O3.C2H6O.CH4O.CH2O/c1-13-6-17(23)21-19(7-13)28-11-15(25-21)4-2-3-5-16-12-29-20-9-14(10-27)8-18(24)22(20)26-16;1-3-2;2*1-2/h2-3,6-10,15-16,25-26H,4-5,11-12,23-24H2,1H3;1-2H3;2H,1H3;1H2/b3-2-;;;. The number of aryl methyl sites for hydroxylation is 1. The lowest BCUT2D eigenvalue weighted by Gasteiger charge is -2.29. The van der Waals surface area contributed by atoms with Gasteiger partial charge in [0.1, 0.15) is 49.2 Å². The molecule has 2 aromatic rings. The van der Waals surface area contributed by atoms with Gasteiger partial charge >= 0.3 is 0 Å². The maximum absolute atomic E-state index is 11.0. The van der Waals surface area contributed by atoms with Crippen LogP contribution in [-0.2, 0) is 9.53 Å². The number of fused-ring (bicyclic) bond motifs is 2. The third kappa shape index (κ3) is 8.47. The number of rotatable bonds is 5. The highest BCUT2D eigenvalue weighted by molar-refractivity contribution is 5.85. The summed E-state index contributed by atoms with van der Waals surface area (Å²) in [7, 11) is 4.25. The number of aldehydes is 1. The SMILES string of the molecule is C=O.CO.COC.Cc1cc(N)c2c(c1)OCC(C/C=C\CC1COc3cc(C=O)cc(N)c3N1)N2. The van der Waals surface area contributed by atoms with Crippen LogP contribution in [0.15, 0.2) is 36.4 Å². The number of aliphatic hydroxyl groups is 1. The van der Waals surface area contributed by atoms with Gasteiger partial charge in [-0.2, -0.15) is 0 Å². The number of anilines is 4. The van der Waals surface area contributed by atoms with E-state index in [2.05, 4.69) is 27.5 Å². The summed E-state index contributed by atoms with van der Waals surface area (Å²) in [4.78, 5) is 19.0. The molecule has 0 bridgehead atoms. The Labute approximate surface area is 212 Å². The molecule has 2 aliphatic heterocycles. The third-order valence-corrected chi connectivity index (χ3v) is 5.15. The third-order valence-electron chi connectivity index (χ3n) is 5.15. The lowest BCUT2D eigenvalue weighted by Crippen LogP contribution is -2.32. The van der Waals surface area contributed by atoms with Crippen LogP contribution in [0.4, 0.5) is 22.7 Å². The zero-order chi connectivity index (χ0) is 27.1. The Balaban J connectivity index is 0.000000844. The van der Waals surface area contributed by atoms with Gasteiger partial charge in [0, 0.05) is 26.9 Å². The molecule has 0 radical (unpaired) electrons. The van der Waals surface area contributed by atoms with Gasteiger partial charge in [0.05, 0.1) is 23.5 Å². The average molecular weight is 503 g/mol. The number of carbonyl (C=O) groups excluding carboxylic acids is 2. The van der Waals surface area contributed by atoms with Crippen molar-refractivity contribution in [3.05, 3.63) is 47.5 Å². The van der Waals surface area contributed by atoms with Gasteiger partial charge < -0.3 is 46.2 Å². The minimum Gasteiger partial charge on any atom is -0.489 e. The summed E-state index contributed by atoms with van der Waals surface area (Å²) in [6.45, 7) is 5.13. The highest BCUT2D eigenvalue weighted by atomic mass is 16.5. The van der Waals surface area contributed by atoms with E-state index in [1.165, 1.54) is 0 Å². The first-order chi connectivity index (χ1) is 17.4. The molecule has 10 heteroatoms. The zero-order valence-electron chi connectivity index (χ0n) is 21.4. The number of aliphatic hydroxyl groups excluding tert-OH is 1. The fourth-order valence-corrected chi connectivity index (χ4v) is 3.69. The van der Waals surface area contributed by atoms with Crippen molar-refractivity contribution in [2.24, 2.45) is 0 Å². The number of benzene rings is 2. The highest BCUT2D eigenvalue weighted by Crippen LogP contribution is 2.37. The first-order valence-corrected chi connectivity index (χ1v) is 11.3. The zero-order valence-corrected chi connectivity index (χ0v) is 21.4. The fraction of sp³-hybridized carbons (Fsp3) is 0.385. The van der Waals surface area contributed by atoms with E-state index in [1.807, 2.05) is 25.8 Å². The van der Waals surface area contributed by atoms with E-state index in [1.54, 1.807) is 26.4 Å². The van der Waals surface area contributed by atoms with Gasteiger partial charge in [-0.15, -0.1) is 0 Å². The lowest BCUT2D eigenvalue weighted by molar-refractivity contribution is -0.0980. The first kappa shape index (κ1) is 30.3. The average Bonchev–Trinajstić information content (AvgIpc) is 2.89. The van der Waals surface area contributed by atoms with Crippen molar-refractivity contribution in [1.82, 2.24) is 0 Å². The molecule has 0 saturated heterocycles. The maximum atomic E-state index is 11.0. The predicted molar refractivity (Wildman–Crippen MR) is 144 cm³/mol.